The molecule has 0 aromatic heterocycles. The lowest BCUT2D eigenvalue weighted by atomic mass is 9.76. The molecule has 2 atom stereocenters. The molecule has 0 unspecified atom stereocenters. The van der Waals surface area contributed by atoms with Gasteiger partial charge in [0, 0.05) is 6.54 Å². The Hall–Kier alpha value is -5.49. The maximum atomic E-state index is 14.6. The predicted octanol–water partition coefficient (Wildman–Crippen LogP) is 7.87. The van der Waals surface area contributed by atoms with Gasteiger partial charge in [-0.2, -0.15) is 0 Å². The SMILES string of the molecule is O=C(O)c1cccc(CN(C(=O)Cc2cccc(-c3cccc(C(=O)O)c3)c2)[C@@H]2c3ccccc3CC[C@H]2Cc2ccccc2)c1. The topological polar surface area (TPSA) is 94.9 Å². The first-order chi connectivity index (χ1) is 22.4. The number of benzene rings is 5. The Balaban J connectivity index is 1.38. The summed E-state index contributed by atoms with van der Waals surface area (Å²) < 4.78 is 0. The van der Waals surface area contributed by atoms with Gasteiger partial charge in [0.1, 0.15) is 0 Å². The molecule has 0 bridgehead atoms. The third-order valence-electron chi connectivity index (χ3n) is 8.85. The summed E-state index contributed by atoms with van der Waals surface area (Å²) in [5, 5.41) is 19.2. The molecule has 0 heterocycles. The van der Waals surface area contributed by atoms with Gasteiger partial charge in [0.25, 0.3) is 0 Å². The fourth-order valence-corrected chi connectivity index (χ4v) is 6.67. The summed E-state index contributed by atoms with van der Waals surface area (Å²) in [7, 11) is 0. The number of rotatable bonds is 10. The first-order valence-corrected chi connectivity index (χ1v) is 15.5. The van der Waals surface area contributed by atoms with Crippen molar-refractivity contribution in [2.45, 2.75) is 38.3 Å². The average molecular weight is 610 g/mol. The van der Waals surface area contributed by atoms with E-state index < -0.39 is 11.9 Å². The second-order valence-electron chi connectivity index (χ2n) is 11.9. The van der Waals surface area contributed by atoms with Crippen LogP contribution in [0.4, 0.5) is 0 Å². The number of carbonyl (C=O) groups is 3. The highest BCUT2D eigenvalue weighted by molar-refractivity contribution is 5.89. The normalized spacial score (nSPS) is 15.5. The molecule has 1 aliphatic rings. The summed E-state index contributed by atoms with van der Waals surface area (Å²) in [6.45, 7) is 0.268. The highest BCUT2D eigenvalue weighted by Gasteiger charge is 2.36. The Kier molecular flexibility index (Phi) is 9.06. The number of aryl methyl sites for hydroxylation is 1. The van der Waals surface area contributed by atoms with E-state index >= 15 is 0 Å². The summed E-state index contributed by atoms with van der Waals surface area (Å²) in [4.78, 5) is 39.9. The number of fused-ring (bicyclic) bond motifs is 1. The van der Waals surface area contributed by atoms with Crippen molar-refractivity contribution < 1.29 is 24.6 Å². The van der Waals surface area contributed by atoms with Gasteiger partial charge in [0.2, 0.25) is 5.91 Å². The van der Waals surface area contributed by atoms with E-state index in [4.69, 9.17) is 0 Å². The van der Waals surface area contributed by atoms with Crippen molar-refractivity contribution in [2.75, 3.05) is 0 Å². The molecule has 6 nitrogen and oxygen atoms in total. The Morgan fingerprint density at radius 3 is 2.00 bits per heavy atom. The standard InChI is InChI=1S/C40H35NO5/c42-37(24-28-11-6-14-31(22-28)32-15-8-17-35(25-32)40(45)46)41(26-29-12-7-16-34(23-29)39(43)44)38-33(21-27-9-2-1-3-10-27)20-19-30-13-4-5-18-36(30)38/h1-18,22-23,25,33,38H,19-21,24,26H2,(H,43,44)(H,45,46)/t33-,38-/m0/s1. The second-order valence-corrected chi connectivity index (χ2v) is 11.9. The van der Waals surface area contributed by atoms with E-state index in [1.165, 1.54) is 11.1 Å². The minimum Gasteiger partial charge on any atom is -0.478 e. The predicted molar refractivity (Wildman–Crippen MR) is 178 cm³/mol. The van der Waals surface area contributed by atoms with Gasteiger partial charge in [-0.1, -0.05) is 103 Å². The van der Waals surface area contributed by atoms with E-state index in [2.05, 4.69) is 24.3 Å². The molecule has 6 heteroatoms. The van der Waals surface area contributed by atoms with Crippen LogP contribution in [0.2, 0.25) is 0 Å². The van der Waals surface area contributed by atoms with Crippen LogP contribution in [0.25, 0.3) is 11.1 Å². The molecule has 1 amide bonds. The first kappa shape index (κ1) is 30.5. The number of carbonyl (C=O) groups excluding carboxylic acids is 1. The molecule has 46 heavy (non-hydrogen) atoms. The van der Waals surface area contributed by atoms with Crippen molar-refractivity contribution in [2.24, 2.45) is 5.92 Å². The zero-order valence-corrected chi connectivity index (χ0v) is 25.4. The van der Waals surface area contributed by atoms with E-state index in [0.29, 0.717) is 0 Å². The molecule has 0 radical (unpaired) electrons. The molecule has 0 fully saturated rings. The van der Waals surface area contributed by atoms with Gasteiger partial charge in [0.05, 0.1) is 23.6 Å². The van der Waals surface area contributed by atoms with Crippen LogP contribution in [0, 0.1) is 5.92 Å². The Labute approximate surface area is 268 Å². The third kappa shape index (κ3) is 6.92. The fraction of sp³-hybridized carbons (Fsp3) is 0.175. The van der Waals surface area contributed by atoms with Crippen molar-refractivity contribution in [1.29, 1.82) is 0 Å². The van der Waals surface area contributed by atoms with Crippen molar-refractivity contribution in [1.82, 2.24) is 4.90 Å². The van der Waals surface area contributed by atoms with E-state index in [0.717, 1.165) is 47.1 Å². The largest absolute Gasteiger partial charge is 0.478 e. The number of nitrogens with zero attached hydrogens (tertiary/aromatic N) is 1. The molecule has 0 saturated carbocycles. The smallest absolute Gasteiger partial charge is 0.335 e. The average Bonchev–Trinajstić information content (AvgIpc) is 3.08. The van der Waals surface area contributed by atoms with Crippen LogP contribution in [-0.2, 0) is 30.6 Å². The van der Waals surface area contributed by atoms with Crippen LogP contribution in [0.5, 0.6) is 0 Å². The monoisotopic (exact) mass is 609 g/mol. The van der Waals surface area contributed by atoms with Crippen LogP contribution in [0.1, 0.15) is 61.0 Å². The molecular formula is C40H35NO5. The summed E-state index contributed by atoms with van der Waals surface area (Å²) in [6.07, 6.45) is 2.80. The molecular weight excluding hydrogens is 574 g/mol. The highest BCUT2D eigenvalue weighted by atomic mass is 16.4. The number of hydrogen-bond donors (Lipinski definition) is 2. The van der Waals surface area contributed by atoms with Crippen LogP contribution in [0.15, 0.2) is 127 Å². The van der Waals surface area contributed by atoms with Crippen LogP contribution in [-0.4, -0.2) is 33.0 Å². The lowest BCUT2D eigenvalue weighted by molar-refractivity contribution is -0.135. The fourth-order valence-electron chi connectivity index (χ4n) is 6.67. The zero-order chi connectivity index (χ0) is 32.0. The van der Waals surface area contributed by atoms with Gasteiger partial charge < -0.3 is 15.1 Å². The zero-order valence-electron chi connectivity index (χ0n) is 25.4. The highest BCUT2D eigenvalue weighted by Crippen LogP contribution is 2.41. The molecule has 6 rings (SSSR count). The minimum atomic E-state index is -1.01. The first-order valence-electron chi connectivity index (χ1n) is 15.5. The van der Waals surface area contributed by atoms with E-state index in [1.807, 2.05) is 71.6 Å². The van der Waals surface area contributed by atoms with Crippen LogP contribution in [0.3, 0.4) is 0 Å². The van der Waals surface area contributed by atoms with Gasteiger partial charge in [-0.3, -0.25) is 4.79 Å². The molecule has 230 valence electrons. The van der Waals surface area contributed by atoms with Gasteiger partial charge in [-0.15, -0.1) is 0 Å². The number of amides is 1. The quantitative estimate of drug-likeness (QED) is 0.168. The molecule has 5 aromatic carbocycles. The molecule has 0 saturated heterocycles. The number of aromatic carboxylic acids is 2. The Bertz CT molecular complexity index is 1880. The lowest BCUT2D eigenvalue weighted by Gasteiger charge is -2.42. The maximum absolute atomic E-state index is 14.6. The maximum Gasteiger partial charge on any atom is 0.335 e. The molecule has 0 aliphatic heterocycles. The Morgan fingerprint density at radius 2 is 1.24 bits per heavy atom. The van der Waals surface area contributed by atoms with Gasteiger partial charge in [0.15, 0.2) is 0 Å². The molecule has 5 aromatic rings. The van der Waals surface area contributed by atoms with E-state index in [9.17, 15) is 24.6 Å². The summed E-state index contributed by atoms with van der Waals surface area (Å²) in [5.41, 5.74) is 7.14. The van der Waals surface area contributed by atoms with Crippen molar-refractivity contribution in [3.8, 4) is 11.1 Å². The third-order valence-corrected chi connectivity index (χ3v) is 8.85. The second kappa shape index (κ2) is 13.7. The van der Waals surface area contributed by atoms with Crippen molar-refractivity contribution in [3.05, 3.63) is 166 Å². The Morgan fingerprint density at radius 1 is 0.630 bits per heavy atom. The molecule has 2 N–H and O–H groups in total. The van der Waals surface area contributed by atoms with E-state index in [-0.39, 0.29) is 42.0 Å². The van der Waals surface area contributed by atoms with Gasteiger partial charge in [-0.05, 0) is 88.4 Å². The van der Waals surface area contributed by atoms with Crippen molar-refractivity contribution in [3.63, 3.8) is 0 Å². The number of carboxylic acid groups (broad SMARTS) is 2. The molecule has 0 spiro atoms. The lowest BCUT2D eigenvalue weighted by Crippen LogP contribution is -2.42. The van der Waals surface area contributed by atoms with Crippen LogP contribution < -0.4 is 0 Å². The van der Waals surface area contributed by atoms with E-state index in [1.54, 1.807) is 36.4 Å². The summed E-state index contributed by atoms with van der Waals surface area (Å²) in [6, 6.07) is 39.8. The number of hydrogen-bond acceptors (Lipinski definition) is 3. The minimum absolute atomic E-state index is 0.0584. The summed E-state index contributed by atoms with van der Waals surface area (Å²) in [5.74, 6) is -1.90. The summed E-state index contributed by atoms with van der Waals surface area (Å²) >= 11 is 0. The van der Waals surface area contributed by atoms with Gasteiger partial charge in [-0.25, -0.2) is 9.59 Å². The molecule has 1 aliphatic carbocycles. The van der Waals surface area contributed by atoms with Crippen LogP contribution >= 0.6 is 0 Å². The van der Waals surface area contributed by atoms with Crippen molar-refractivity contribution >= 4 is 17.8 Å². The number of carboxylic acids is 2. The van der Waals surface area contributed by atoms with Gasteiger partial charge >= 0.3 is 11.9 Å².